The van der Waals surface area contributed by atoms with Gasteiger partial charge in [-0.1, -0.05) is 77.4 Å². The van der Waals surface area contributed by atoms with Crippen molar-refractivity contribution in [3.8, 4) is 0 Å². The summed E-state index contributed by atoms with van der Waals surface area (Å²) in [6.45, 7) is 13.8. The number of benzene rings is 2. The van der Waals surface area contributed by atoms with Gasteiger partial charge in [0.25, 0.3) is 0 Å². The smallest absolute Gasteiger partial charge is 0.388 e. The predicted molar refractivity (Wildman–Crippen MR) is 106 cm³/mol. The molecule has 0 fully saturated rings. The minimum atomic E-state index is -4.21. The Kier molecular flexibility index (Phi) is 20.5. The molecule has 0 heterocycles. The summed E-state index contributed by atoms with van der Waals surface area (Å²) < 4.78 is 35.8. The first-order chi connectivity index (χ1) is 11.9. The molecular weight excluding hydrogens is 323 g/mol. The largest absolute Gasteiger partial charge is 0.416 e. The Bertz CT molecular complexity index is 477. The molecule has 2 rings (SSSR count). The second-order valence-corrected chi connectivity index (χ2v) is 3.98. The summed E-state index contributed by atoms with van der Waals surface area (Å²) >= 11 is 0. The maximum atomic E-state index is 11.9. The van der Waals surface area contributed by atoms with E-state index in [0.717, 1.165) is 23.4 Å². The van der Waals surface area contributed by atoms with E-state index in [0.29, 0.717) is 0 Å². The molecule has 0 unspecified atom stereocenters. The van der Waals surface area contributed by atoms with Gasteiger partial charge in [-0.25, -0.2) is 0 Å². The van der Waals surface area contributed by atoms with Gasteiger partial charge in [0.1, 0.15) is 0 Å². The fraction of sp³-hybridized carbons (Fsp3) is 0.429. The minimum absolute atomic E-state index is 0.594. The Morgan fingerprint density at radius 1 is 0.680 bits per heavy atom. The molecule has 1 nitrogen and oxygen atoms in total. The lowest BCUT2D eigenvalue weighted by atomic mass is 10.1. The zero-order valence-electron chi connectivity index (χ0n) is 16.8. The third-order valence-corrected chi connectivity index (χ3v) is 2.44. The van der Waals surface area contributed by atoms with E-state index in [1.165, 1.54) is 12.1 Å². The SMILES string of the molecule is CC.CC.CC.CNc1ccccc1.Cc1ccc(C(F)(F)F)cc1. The van der Waals surface area contributed by atoms with Crippen LogP contribution < -0.4 is 5.32 Å². The van der Waals surface area contributed by atoms with Crippen molar-refractivity contribution in [2.24, 2.45) is 0 Å². The van der Waals surface area contributed by atoms with Crippen molar-refractivity contribution in [2.75, 3.05) is 12.4 Å². The van der Waals surface area contributed by atoms with Crippen LogP contribution in [-0.2, 0) is 6.18 Å². The molecule has 2 aromatic carbocycles. The summed E-state index contributed by atoms with van der Waals surface area (Å²) in [5.41, 5.74) is 1.40. The summed E-state index contributed by atoms with van der Waals surface area (Å²) in [6, 6.07) is 15.1. The van der Waals surface area contributed by atoms with Crippen molar-refractivity contribution in [3.63, 3.8) is 0 Å². The number of halogens is 3. The average Bonchev–Trinajstić information content (AvgIpc) is 2.67. The predicted octanol–water partition coefficient (Wildman–Crippen LogP) is 7.82. The number of anilines is 1. The summed E-state index contributed by atoms with van der Waals surface area (Å²) in [4.78, 5) is 0. The number of hydrogen-bond acceptors (Lipinski definition) is 1. The fourth-order valence-electron chi connectivity index (χ4n) is 1.35. The molecule has 2 aromatic rings. The van der Waals surface area contributed by atoms with Crippen LogP contribution in [0.25, 0.3) is 0 Å². The summed E-state index contributed by atoms with van der Waals surface area (Å²) in [5, 5.41) is 3.03. The van der Waals surface area contributed by atoms with Gasteiger partial charge in [-0.2, -0.15) is 13.2 Å². The molecule has 1 N–H and O–H groups in total. The van der Waals surface area contributed by atoms with E-state index in [4.69, 9.17) is 0 Å². The van der Waals surface area contributed by atoms with Crippen molar-refractivity contribution >= 4 is 5.69 Å². The topological polar surface area (TPSA) is 12.0 Å². The molecule has 0 radical (unpaired) electrons. The van der Waals surface area contributed by atoms with Crippen LogP contribution in [0.3, 0.4) is 0 Å². The third kappa shape index (κ3) is 15.3. The lowest BCUT2D eigenvalue weighted by Crippen LogP contribution is -2.03. The van der Waals surface area contributed by atoms with Crippen LogP contribution in [0.15, 0.2) is 54.6 Å². The van der Waals surface area contributed by atoms with E-state index < -0.39 is 11.7 Å². The molecule has 0 amide bonds. The third-order valence-electron chi connectivity index (χ3n) is 2.44. The highest BCUT2D eigenvalue weighted by atomic mass is 19.4. The molecule has 0 saturated heterocycles. The van der Waals surface area contributed by atoms with Crippen LogP contribution in [0.1, 0.15) is 52.7 Å². The highest BCUT2D eigenvalue weighted by Gasteiger charge is 2.29. The Morgan fingerprint density at radius 3 is 1.36 bits per heavy atom. The molecule has 0 bridgehead atoms. The van der Waals surface area contributed by atoms with Crippen molar-refractivity contribution < 1.29 is 13.2 Å². The van der Waals surface area contributed by atoms with Gasteiger partial charge in [0.05, 0.1) is 5.56 Å². The molecule has 25 heavy (non-hydrogen) atoms. The molecule has 0 atom stereocenters. The number of rotatable bonds is 1. The molecule has 144 valence electrons. The highest BCUT2D eigenvalue weighted by molar-refractivity contribution is 5.41. The van der Waals surface area contributed by atoms with Crippen LogP contribution in [0.5, 0.6) is 0 Å². The molecule has 0 aromatic heterocycles. The van der Waals surface area contributed by atoms with Crippen molar-refractivity contribution in [1.82, 2.24) is 0 Å². The zero-order chi connectivity index (χ0) is 20.3. The van der Waals surface area contributed by atoms with Crippen LogP contribution in [-0.4, -0.2) is 7.05 Å². The maximum Gasteiger partial charge on any atom is 0.416 e. The van der Waals surface area contributed by atoms with E-state index in [2.05, 4.69) is 5.32 Å². The van der Waals surface area contributed by atoms with E-state index >= 15 is 0 Å². The minimum Gasteiger partial charge on any atom is -0.388 e. The molecule has 0 aliphatic carbocycles. The van der Waals surface area contributed by atoms with E-state index in [1.807, 2.05) is 78.9 Å². The number of alkyl halides is 3. The summed E-state index contributed by atoms with van der Waals surface area (Å²) in [6.07, 6.45) is -4.21. The Labute approximate surface area is 152 Å². The lowest BCUT2D eigenvalue weighted by molar-refractivity contribution is -0.137. The molecule has 0 spiro atoms. The molecule has 4 heteroatoms. The normalized spacial score (nSPS) is 8.60. The zero-order valence-corrected chi connectivity index (χ0v) is 16.8. The summed E-state index contributed by atoms with van der Waals surface area (Å²) in [5.74, 6) is 0. The molecule has 0 aliphatic rings. The second kappa shape index (κ2) is 18.4. The van der Waals surface area contributed by atoms with Crippen LogP contribution in [0.4, 0.5) is 18.9 Å². The second-order valence-electron chi connectivity index (χ2n) is 3.98. The van der Waals surface area contributed by atoms with Crippen LogP contribution in [0.2, 0.25) is 0 Å². The molecule has 0 aliphatic heterocycles. The van der Waals surface area contributed by atoms with Gasteiger partial charge in [-0.15, -0.1) is 0 Å². The Hall–Kier alpha value is -1.97. The van der Waals surface area contributed by atoms with Crippen molar-refractivity contribution in [2.45, 2.75) is 54.6 Å². The van der Waals surface area contributed by atoms with E-state index in [-0.39, 0.29) is 0 Å². The van der Waals surface area contributed by atoms with Crippen LogP contribution in [0, 0.1) is 6.92 Å². The fourth-order valence-corrected chi connectivity index (χ4v) is 1.35. The highest BCUT2D eigenvalue weighted by Crippen LogP contribution is 2.28. The van der Waals surface area contributed by atoms with Gasteiger partial charge in [-0.05, 0) is 31.2 Å². The average molecular weight is 358 g/mol. The van der Waals surface area contributed by atoms with Crippen LogP contribution >= 0.6 is 0 Å². The number of para-hydroxylation sites is 1. The van der Waals surface area contributed by atoms with Gasteiger partial charge in [0, 0.05) is 12.7 Å². The van der Waals surface area contributed by atoms with Crippen molar-refractivity contribution in [1.29, 1.82) is 0 Å². The van der Waals surface area contributed by atoms with E-state index in [9.17, 15) is 13.2 Å². The Balaban J connectivity index is -0.000000305. The van der Waals surface area contributed by atoms with Crippen molar-refractivity contribution in [3.05, 3.63) is 65.7 Å². The summed E-state index contributed by atoms with van der Waals surface area (Å²) in [7, 11) is 1.91. The quantitative estimate of drug-likeness (QED) is 0.548. The van der Waals surface area contributed by atoms with Gasteiger partial charge >= 0.3 is 6.18 Å². The number of aryl methyl sites for hydroxylation is 1. The first-order valence-corrected chi connectivity index (χ1v) is 8.80. The van der Waals surface area contributed by atoms with E-state index in [1.54, 1.807) is 6.92 Å². The molecular formula is C21H34F3N. The first-order valence-electron chi connectivity index (χ1n) is 8.80. The standard InChI is InChI=1S/C8H7F3.C7H9N.3C2H6/c1-6-2-4-7(5-3-6)8(9,10)11;1-8-7-5-3-2-4-6-7;3*1-2/h2-5H,1H3;2-6,8H,1H3;3*1-2H3. The van der Waals surface area contributed by atoms with Gasteiger partial charge in [0.15, 0.2) is 0 Å². The van der Waals surface area contributed by atoms with Gasteiger partial charge < -0.3 is 5.32 Å². The lowest BCUT2D eigenvalue weighted by Gasteiger charge is -2.05. The molecule has 0 saturated carbocycles. The monoisotopic (exact) mass is 357 g/mol. The first kappa shape index (κ1) is 27.9. The maximum absolute atomic E-state index is 11.9. The number of hydrogen-bond donors (Lipinski definition) is 1. The number of nitrogens with one attached hydrogen (secondary N) is 1. The van der Waals surface area contributed by atoms with Gasteiger partial charge in [-0.3, -0.25) is 0 Å². The van der Waals surface area contributed by atoms with Gasteiger partial charge in [0.2, 0.25) is 0 Å². The Morgan fingerprint density at radius 2 is 1.08 bits per heavy atom.